The Morgan fingerprint density at radius 2 is 2.00 bits per heavy atom. The van der Waals surface area contributed by atoms with Crippen LogP contribution < -0.4 is 16.0 Å². The number of halogens is 1. The molecule has 18 heavy (non-hydrogen) atoms. The number of rotatable bonds is 4. The van der Waals surface area contributed by atoms with Gasteiger partial charge >= 0.3 is 6.03 Å². The topological polar surface area (TPSA) is 70.2 Å². The van der Waals surface area contributed by atoms with Gasteiger partial charge in [-0.2, -0.15) is 0 Å². The molecule has 0 saturated heterocycles. The van der Waals surface area contributed by atoms with E-state index in [1.54, 1.807) is 13.8 Å². The Labute approximate surface area is 120 Å². The maximum absolute atomic E-state index is 11.7. The van der Waals surface area contributed by atoms with Gasteiger partial charge in [0.1, 0.15) is 6.04 Å². The van der Waals surface area contributed by atoms with Crippen LogP contribution in [0.3, 0.4) is 0 Å². The number of para-hydroxylation sites is 1. The minimum Gasteiger partial charge on any atom is -0.373 e. The zero-order chi connectivity index (χ0) is 13.5. The average molecular weight is 361 g/mol. The Morgan fingerprint density at radius 3 is 2.61 bits per heavy atom. The van der Waals surface area contributed by atoms with Crippen molar-refractivity contribution in [1.82, 2.24) is 10.6 Å². The molecule has 1 atom stereocenters. The van der Waals surface area contributed by atoms with Gasteiger partial charge in [-0.3, -0.25) is 10.1 Å². The van der Waals surface area contributed by atoms with E-state index in [1.807, 2.05) is 24.3 Å². The van der Waals surface area contributed by atoms with Gasteiger partial charge in [0, 0.05) is 15.8 Å². The predicted octanol–water partition coefficient (Wildman–Crippen LogP) is 1.94. The zero-order valence-corrected chi connectivity index (χ0v) is 12.4. The summed E-state index contributed by atoms with van der Waals surface area (Å²) in [4.78, 5) is 22.9. The Hall–Kier alpha value is -1.31. The predicted molar refractivity (Wildman–Crippen MR) is 79.5 cm³/mol. The molecule has 6 heteroatoms. The summed E-state index contributed by atoms with van der Waals surface area (Å²) in [5.41, 5.74) is 0.872. The number of benzene rings is 1. The number of amides is 3. The van der Waals surface area contributed by atoms with Gasteiger partial charge in [0.05, 0.1) is 0 Å². The second-order valence-electron chi connectivity index (χ2n) is 3.69. The molecule has 5 nitrogen and oxygen atoms in total. The second-order valence-corrected chi connectivity index (χ2v) is 4.86. The van der Waals surface area contributed by atoms with Gasteiger partial charge in [-0.1, -0.05) is 12.1 Å². The van der Waals surface area contributed by atoms with Gasteiger partial charge < -0.3 is 10.6 Å². The lowest BCUT2D eigenvalue weighted by Gasteiger charge is -2.15. The van der Waals surface area contributed by atoms with Crippen LogP contribution in [0.25, 0.3) is 0 Å². The third-order valence-corrected chi connectivity index (χ3v) is 3.15. The van der Waals surface area contributed by atoms with Crippen molar-refractivity contribution in [3.63, 3.8) is 0 Å². The van der Waals surface area contributed by atoms with Gasteiger partial charge in [-0.25, -0.2) is 4.79 Å². The molecule has 0 radical (unpaired) electrons. The third kappa shape index (κ3) is 4.52. The number of hydrogen-bond acceptors (Lipinski definition) is 3. The van der Waals surface area contributed by atoms with Gasteiger partial charge in [-0.05, 0) is 48.6 Å². The molecule has 0 fully saturated rings. The van der Waals surface area contributed by atoms with Crippen molar-refractivity contribution in [1.29, 1.82) is 0 Å². The fourth-order valence-corrected chi connectivity index (χ4v) is 1.85. The molecular weight excluding hydrogens is 345 g/mol. The lowest BCUT2D eigenvalue weighted by molar-refractivity contribution is -0.120. The SMILES string of the molecule is CCNC(=O)NC(=O)C(C)Nc1ccccc1I. The Morgan fingerprint density at radius 1 is 1.33 bits per heavy atom. The summed E-state index contributed by atoms with van der Waals surface area (Å²) in [6, 6.07) is 6.68. The lowest BCUT2D eigenvalue weighted by Crippen LogP contribution is -2.45. The number of nitrogens with one attached hydrogen (secondary N) is 3. The van der Waals surface area contributed by atoms with Crippen molar-refractivity contribution in [3.8, 4) is 0 Å². The number of urea groups is 1. The van der Waals surface area contributed by atoms with Crippen molar-refractivity contribution >= 4 is 40.2 Å². The minimum absolute atomic E-state index is 0.361. The van der Waals surface area contributed by atoms with E-state index in [0.717, 1.165) is 9.26 Å². The number of carbonyl (C=O) groups is 2. The summed E-state index contributed by atoms with van der Waals surface area (Å²) < 4.78 is 1.02. The molecule has 0 spiro atoms. The smallest absolute Gasteiger partial charge is 0.321 e. The molecule has 1 aromatic carbocycles. The first-order chi connectivity index (χ1) is 8.54. The number of carbonyl (C=O) groups excluding carboxylic acids is 2. The van der Waals surface area contributed by atoms with E-state index in [-0.39, 0.29) is 5.91 Å². The maximum Gasteiger partial charge on any atom is 0.321 e. The normalized spacial score (nSPS) is 11.5. The average Bonchev–Trinajstić information content (AvgIpc) is 2.32. The fourth-order valence-electron chi connectivity index (χ4n) is 1.30. The Bertz CT molecular complexity index is 437. The van der Waals surface area contributed by atoms with Gasteiger partial charge in [0.15, 0.2) is 0 Å². The van der Waals surface area contributed by atoms with E-state index < -0.39 is 12.1 Å². The molecule has 0 aliphatic rings. The standard InChI is InChI=1S/C12H16IN3O2/c1-3-14-12(18)16-11(17)8(2)15-10-7-5-4-6-9(10)13/h4-8,15H,3H2,1-2H3,(H2,14,16,17,18). The molecule has 1 unspecified atom stereocenters. The van der Waals surface area contributed by atoms with Gasteiger partial charge in [-0.15, -0.1) is 0 Å². The van der Waals surface area contributed by atoms with Crippen LogP contribution in [0.15, 0.2) is 24.3 Å². The van der Waals surface area contributed by atoms with Crippen molar-refractivity contribution < 1.29 is 9.59 Å². The summed E-state index contributed by atoms with van der Waals surface area (Å²) in [6.45, 7) is 3.98. The molecule has 0 heterocycles. The molecule has 0 aliphatic heterocycles. The highest BCUT2D eigenvalue weighted by molar-refractivity contribution is 14.1. The van der Waals surface area contributed by atoms with Gasteiger partial charge in [0.25, 0.3) is 0 Å². The molecule has 3 N–H and O–H groups in total. The highest BCUT2D eigenvalue weighted by Crippen LogP contribution is 2.17. The molecule has 1 aromatic rings. The van der Waals surface area contributed by atoms with Crippen LogP contribution in [-0.2, 0) is 4.79 Å². The van der Waals surface area contributed by atoms with Gasteiger partial charge in [0.2, 0.25) is 5.91 Å². The molecule has 0 aromatic heterocycles. The molecular formula is C12H16IN3O2. The quantitative estimate of drug-likeness (QED) is 0.718. The molecule has 0 bridgehead atoms. The van der Waals surface area contributed by atoms with Crippen molar-refractivity contribution in [2.75, 3.05) is 11.9 Å². The van der Waals surface area contributed by atoms with Crippen LogP contribution in [0.5, 0.6) is 0 Å². The van der Waals surface area contributed by atoms with E-state index in [2.05, 4.69) is 38.5 Å². The van der Waals surface area contributed by atoms with Crippen LogP contribution in [0, 0.1) is 3.57 Å². The molecule has 0 saturated carbocycles. The van der Waals surface area contributed by atoms with Crippen molar-refractivity contribution in [3.05, 3.63) is 27.8 Å². The van der Waals surface area contributed by atoms with Crippen LogP contribution >= 0.6 is 22.6 Å². The second kappa shape index (κ2) is 7.20. The number of anilines is 1. The van der Waals surface area contributed by atoms with Crippen LogP contribution in [0.4, 0.5) is 10.5 Å². The van der Waals surface area contributed by atoms with E-state index in [1.165, 1.54) is 0 Å². The maximum atomic E-state index is 11.7. The molecule has 0 aliphatic carbocycles. The van der Waals surface area contributed by atoms with Crippen molar-refractivity contribution in [2.45, 2.75) is 19.9 Å². The summed E-state index contributed by atoms with van der Waals surface area (Å²) in [7, 11) is 0. The Balaban J connectivity index is 2.55. The first kappa shape index (κ1) is 14.7. The number of hydrogen-bond donors (Lipinski definition) is 3. The molecule has 1 rings (SSSR count). The van der Waals surface area contributed by atoms with Crippen LogP contribution in [-0.4, -0.2) is 24.5 Å². The first-order valence-corrected chi connectivity index (χ1v) is 6.72. The molecule has 98 valence electrons. The third-order valence-electron chi connectivity index (χ3n) is 2.21. The van der Waals surface area contributed by atoms with Crippen LogP contribution in [0.1, 0.15) is 13.8 Å². The Kier molecular flexibility index (Phi) is 5.90. The summed E-state index contributed by atoms with van der Waals surface area (Å²) in [5.74, 6) is -0.361. The minimum atomic E-state index is -0.483. The van der Waals surface area contributed by atoms with Crippen molar-refractivity contribution in [2.24, 2.45) is 0 Å². The van der Waals surface area contributed by atoms with E-state index >= 15 is 0 Å². The van der Waals surface area contributed by atoms with Crippen LogP contribution in [0.2, 0.25) is 0 Å². The lowest BCUT2D eigenvalue weighted by atomic mass is 10.2. The summed E-state index contributed by atoms with van der Waals surface area (Å²) in [6.07, 6.45) is 0. The first-order valence-electron chi connectivity index (χ1n) is 5.64. The highest BCUT2D eigenvalue weighted by Gasteiger charge is 2.15. The fraction of sp³-hybridized carbons (Fsp3) is 0.333. The van der Waals surface area contributed by atoms with E-state index in [0.29, 0.717) is 6.54 Å². The van der Waals surface area contributed by atoms with E-state index in [9.17, 15) is 9.59 Å². The molecule has 3 amide bonds. The summed E-state index contributed by atoms with van der Waals surface area (Å²) >= 11 is 2.18. The largest absolute Gasteiger partial charge is 0.373 e. The van der Waals surface area contributed by atoms with E-state index in [4.69, 9.17) is 0 Å². The highest BCUT2D eigenvalue weighted by atomic mass is 127. The number of imide groups is 1. The zero-order valence-electron chi connectivity index (χ0n) is 10.3. The monoisotopic (exact) mass is 361 g/mol. The summed E-state index contributed by atoms with van der Waals surface area (Å²) in [5, 5.41) is 7.83.